The van der Waals surface area contributed by atoms with Gasteiger partial charge in [0.25, 0.3) is 5.91 Å². The van der Waals surface area contributed by atoms with E-state index in [1.807, 2.05) is 24.3 Å². The van der Waals surface area contributed by atoms with Gasteiger partial charge in [-0.1, -0.05) is 28.1 Å². The lowest BCUT2D eigenvalue weighted by Crippen LogP contribution is -2.43. The zero-order valence-electron chi connectivity index (χ0n) is 10.6. The van der Waals surface area contributed by atoms with E-state index in [0.717, 1.165) is 22.9 Å². The van der Waals surface area contributed by atoms with E-state index in [2.05, 4.69) is 21.2 Å². The van der Waals surface area contributed by atoms with Gasteiger partial charge in [0.2, 0.25) is 0 Å². The maximum absolute atomic E-state index is 12.0. The maximum atomic E-state index is 12.0. The lowest BCUT2D eigenvalue weighted by atomic mass is 10.1. The summed E-state index contributed by atoms with van der Waals surface area (Å²) in [5, 5.41) is 12.7. The second-order valence-electron chi connectivity index (χ2n) is 4.70. The molecule has 1 saturated heterocycles. The quantitative estimate of drug-likeness (QED) is 0.892. The molecule has 0 aliphatic carbocycles. The van der Waals surface area contributed by atoms with Crippen molar-refractivity contribution in [3.05, 3.63) is 34.3 Å². The Kier molecular flexibility index (Phi) is 5.36. The van der Waals surface area contributed by atoms with Gasteiger partial charge in [0.15, 0.2) is 6.10 Å². The van der Waals surface area contributed by atoms with Crippen LogP contribution in [-0.2, 0) is 16.1 Å². The van der Waals surface area contributed by atoms with Crippen molar-refractivity contribution in [1.82, 2.24) is 5.32 Å². The van der Waals surface area contributed by atoms with Gasteiger partial charge < -0.3 is 15.2 Å². The summed E-state index contributed by atoms with van der Waals surface area (Å²) in [6, 6.07) is 7.74. The molecule has 0 saturated carbocycles. The molecule has 1 heterocycles. The number of nitrogens with one attached hydrogen (secondary N) is 1. The van der Waals surface area contributed by atoms with Crippen molar-refractivity contribution in [3.63, 3.8) is 0 Å². The largest absolute Gasteiger partial charge is 0.390 e. The standard InChI is InChI=1S/C14H18BrNO3/c15-11-6-4-10(5-7-11)9-16-14(18)13-12(17)3-1-2-8-19-13/h4-7,12-13,17H,1-3,8-9H2,(H,16,18)/t12-,13+/m0/s1. The highest BCUT2D eigenvalue weighted by Crippen LogP contribution is 2.15. The number of ether oxygens (including phenoxy) is 1. The van der Waals surface area contributed by atoms with Crippen LogP contribution in [0.25, 0.3) is 0 Å². The van der Waals surface area contributed by atoms with E-state index in [1.54, 1.807) is 0 Å². The Labute approximate surface area is 121 Å². The summed E-state index contributed by atoms with van der Waals surface area (Å²) in [7, 11) is 0. The van der Waals surface area contributed by atoms with Crippen molar-refractivity contribution >= 4 is 21.8 Å². The molecule has 0 unspecified atom stereocenters. The van der Waals surface area contributed by atoms with Crippen molar-refractivity contribution in [1.29, 1.82) is 0 Å². The molecule has 1 amide bonds. The van der Waals surface area contributed by atoms with E-state index in [0.29, 0.717) is 19.6 Å². The molecule has 104 valence electrons. The van der Waals surface area contributed by atoms with Crippen LogP contribution in [0.15, 0.2) is 28.7 Å². The minimum Gasteiger partial charge on any atom is -0.390 e. The summed E-state index contributed by atoms with van der Waals surface area (Å²) in [5.41, 5.74) is 1.01. The lowest BCUT2D eigenvalue weighted by molar-refractivity contribution is -0.139. The molecular formula is C14H18BrNO3. The lowest BCUT2D eigenvalue weighted by Gasteiger charge is -2.19. The van der Waals surface area contributed by atoms with Gasteiger partial charge in [-0.05, 0) is 37.0 Å². The van der Waals surface area contributed by atoms with Gasteiger partial charge in [0.1, 0.15) is 0 Å². The van der Waals surface area contributed by atoms with Crippen LogP contribution >= 0.6 is 15.9 Å². The third-order valence-corrected chi connectivity index (χ3v) is 3.71. The summed E-state index contributed by atoms with van der Waals surface area (Å²) >= 11 is 3.36. The molecular weight excluding hydrogens is 310 g/mol. The Hall–Kier alpha value is -0.910. The third-order valence-electron chi connectivity index (χ3n) is 3.18. The fourth-order valence-corrected chi connectivity index (χ4v) is 2.34. The predicted octanol–water partition coefficient (Wildman–Crippen LogP) is 2.00. The molecule has 0 aromatic heterocycles. The fraction of sp³-hybridized carbons (Fsp3) is 0.500. The molecule has 1 aliphatic rings. The Morgan fingerprint density at radius 2 is 2.11 bits per heavy atom. The first-order valence-corrected chi connectivity index (χ1v) is 7.28. The molecule has 2 atom stereocenters. The monoisotopic (exact) mass is 327 g/mol. The number of halogens is 1. The number of benzene rings is 1. The molecule has 0 bridgehead atoms. The van der Waals surface area contributed by atoms with Crippen LogP contribution in [0, 0.1) is 0 Å². The molecule has 1 aromatic carbocycles. The van der Waals surface area contributed by atoms with Crippen LogP contribution in [0.2, 0.25) is 0 Å². The van der Waals surface area contributed by atoms with Gasteiger partial charge >= 0.3 is 0 Å². The summed E-state index contributed by atoms with van der Waals surface area (Å²) in [5.74, 6) is -0.239. The molecule has 19 heavy (non-hydrogen) atoms. The normalized spacial score (nSPS) is 23.7. The summed E-state index contributed by atoms with van der Waals surface area (Å²) in [6.07, 6.45) is 0.979. The zero-order valence-corrected chi connectivity index (χ0v) is 12.2. The number of rotatable bonds is 3. The molecule has 1 fully saturated rings. The summed E-state index contributed by atoms with van der Waals surface area (Å²) < 4.78 is 6.42. The van der Waals surface area contributed by atoms with Crippen molar-refractivity contribution in [3.8, 4) is 0 Å². The van der Waals surface area contributed by atoms with Crippen molar-refractivity contribution in [2.24, 2.45) is 0 Å². The number of carbonyl (C=O) groups excluding carboxylic acids is 1. The Bertz CT molecular complexity index is 421. The average molecular weight is 328 g/mol. The number of hydrogen-bond acceptors (Lipinski definition) is 3. The Morgan fingerprint density at radius 1 is 1.37 bits per heavy atom. The minimum atomic E-state index is -0.738. The van der Waals surface area contributed by atoms with Crippen LogP contribution < -0.4 is 5.32 Å². The molecule has 4 nitrogen and oxygen atoms in total. The summed E-state index contributed by atoms with van der Waals surface area (Å²) in [6.45, 7) is 0.978. The van der Waals surface area contributed by atoms with E-state index in [-0.39, 0.29) is 5.91 Å². The van der Waals surface area contributed by atoms with Crippen LogP contribution in [0.3, 0.4) is 0 Å². The van der Waals surface area contributed by atoms with E-state index in [1.165, 1.54) is 0 Å². The van der Waals surface area contributed by atoms with E-state index >= 15 is 0 Å². The molecule has 5 heteroatoms. The van der Waals surface area contributed by atoms with Gasteiger partial charge in [0.05, 0.1) is 6.10 Å². The second kappa shape index (κ2) is 7.03. The van der Waals surface area contributed by atoms with Gasteiger partial charge in [0, 0.05) is 17.6 Å². The van der Waals surface area contributed by atoms with E-state index < -0.39 is 12.2 Å². The van der Waals surface area contributed by atoms with E-state index in [9.17, 15) is 9.90 Å². The first-order valence-electron chi connectivity index (χ1n) is 6.48. The molecule has 0 radical (unpaired) electrons. The molecule has 2 rings (SSSR count). The second-order valence-corrected chi connectivity index (χ2v) is 5.61. The highest BCUT2D eigenvalue weighted by molar-refractivity contribution is 9.10. The van der Waals surface area contributed by atoms with Gasteiger partial charge in [-0.25, -0.2) is 0 Å². The summed E-state index contributed by atoms with van der Waals surface area (Å²) in [4.78, 5) is 12.0. The number of aliphatic hydroxyl groups is 1. The number of carbonyl (C=O) groups is 1. The Morgan fingerprint density at radius 3 is 2.84 bits per heavy atom. The predicted molar refractivity (Wildman–Crippen MR) is 75.6 cm³/mol. The topological polar surface area (TPSA) is 58.6 Å². The highest BCUT2D eigenvalue weighted by Gasteiger charge is 2.28. The SMILES string of the molecule is O=C(NCc1ccc(Br)cc1)[C@@H]1OCCCC[C@@H]1O. The molecule has 1 aromatic rings. The fourth-order valence-electron chi connectivity index (χ4n) is 2.07. The number of aliphatic hydroxyl groups excluding tert-OH is 1. The van der Waals surface area contributed by atoms with E-state index in [4.69, 9.17) is 4.74 Å². The molecule has 0 spiro atoms. The highest BCUT2D eigenvalue weighted by atomic mass is 79.9. The van der Waals surface area contributed by atoms with Crippen LogP contribution in [0.5, 0.6) is 0 Å². The van der Waals surface area contributed by atoms with Crippen LogP contribution in [-0.4, -0.2) is 29.8 Å². The first kappa shape index (κ1) is 14.5. The zero-order chi connectivity index (χ0) is 13.7. The van der Waals surface area contributed by atoms with Crippen LogP contribution in [0.4, 0.5) is 0 Å². The van der Waals surface area contributed by atoms with Crippen molar-refractivity contribution in [2.75, 3.05) is 6.61 Å². The third kappa shape index (κ3) is 4.30. The maximum Gasteiger partial charge on any atom is 0.252 e. The van der Waals surface area contributed by atoms with Gasteiger partial charge in [-0.2, -0.15) is 0 Å². The number of amides is 1. The molecule has 2 N–H and O–H groups in total. The average Bonchev–Trinajstić information content (AvgIpc) is 2.62. The molecule has 1 aliphatic heterocycles. The Balaban J connectivity index is 1.87. The first-order chi connectivity index (χ1) is 9.16. The van der Waals surface area contributed by atoms with Gasteiger partial charge in [-0.15, -0.1) is 0 Å². The van der Waals surface area contributed by atoms with Crippen molar-refractivity contribution < 1.29 is 14.6 Å². The number of hydrogen-bond donors (Lipinski definition) is 2. The van der Waals surface area contributed by atoms with Gasteiger partial charge in [-0.3, -0.25) is 4.79 Å². The van der Waals surface area contributed by atoms with Crippen LogP contribution in [0.1, 0.15) is 24.8 Å². The van der Waals surface area contributed by atoms with Crippen molar-refractivity contribution in [2.45, 2.75) is 38.0 Å². The minimum absolute atomic E-state index is 0.239. The smallest absolute Gasteiger partial charge is 0.252 e.